The van der Waals surface area contributed by atoms with E-state index in [2.05, 4.69) is 43.1 Å². The molecule has 0 N–H and O–H groups in total. The van der Waals surface area contributed by atoms with Gasteiger partial charge in [-0.25, -0.2) is 0 Å². The first kappa shape index (κ1) is 8.66. The molecule has 0 aliphatic heterocycles. The van der Waals surface area contributed by atoms with Crippen molar-refractivity contribution in [1.29, 1.82) is 0 Å². The van der Waals surface area contributed by atoms with Gasteiger partial charge in [0.15, 0.2) is 0 Å². The molecule has 0 atom stereocenters. The van der Waals surface area contributed by atoms with Gasteiger partial charge in [-0.1, -0.05) is 18.2 Å². The maximum atomic E-state index is 4.51. The highest BCUT2D eigenvalue weighted by Crippen LogP contribution is 2.37. The van der Waals surface area contributed by atoms with Crippen molar-refractivity contribution in [1.82, 2.24) is 4.98 Å². The average Bonchev–Trinajstić information content (AvgIpc) is 2.58. The van der Waals surface area contributed by atoms with Gasteiger partial charge in [0.2, 0.25) is 0 Å². The maximum absolute atomic E-state index is 4.51. The van der Waals surface area contributed by atoms with E-state index in [-0.39, 0.29) is 0 Å². The number of hydrogen-bond donors (Lipinski definition) is 0. The average molecular weight is 195 g/mol. The molecular weight excluding hydrogens is 182 g/mol. The van der Waals surface area contributed by atoms with Gasteiger partial charge >= 0.3 is 0 Å². The normalized spacial score (nSPS) is 12.4. The lowest BCUT2D eigenvalue weighted by molar-refractivity contribution is 1.10. The Bertz CT molecular complexity index is 541. The van der Waals surface area contributed by atoms with Gasteiger partial charge in [0.1, 0.15) is 0 Å². The Labute approximate surface area is 89.8 Å². The molecule has 0 saturated carbocycles. The van der Waals surface area contributed by atoms with E-state index in [1.54, 1.807) is 0 Å². The second-order valence-corrected chi connectivity index (χ2v) is 4.28. The predicted molar refractivity (Wildman–Crippen MR) is 62.0 cm³/mol. The van der Waals surface area contributed by atoms with E-state index in [9.17, 15) is 0 Å². The highest BCUT2D eigenvalue weighted by molar-refractivity contribution is 5.76. The molecule has 0 fully saturated rings. The number of hydrogen-bond acceptors (Lipinski definition) is 1. The first-order valence-corrected chi connectivity index (χ1v) is 5.30. The molecule has 1 aromatic heterocycles. The van der Waals surface area contributed by atoms with E-state index in [0.29, 0.717) is 0 Å². The standard InChI is InChI=1S/C14H13N/c1-9-6-13-11-5-3-4-10(2)12(11)7-14(13)15-8-9/h3-6,8H,7H2,1-2H3. The van der Waals surface area contributed by atoms with Gasteiger partial charge in [0, 0.05) is 18.2 Å². The summed E-state index contributed by atoms with van der Waals surface area (Å²) in [7, 11) is 0. The van der Waals surface area contributed by atoms with Gasteiger partial charge in [-0.2, -0.15) is 0 Å². The van der Waals surface area contributed by atoms with Crippen molar-refractivity contribution < 1.29 is 0 Å². The predicted octanol–water partition coefficient (Wildman–Crippen LogP) is 3.27. The van der Waals surface area contributed by atoms with E-state index in [1.165, 1.54) is 33.5 Å². The Morgan fingerprint density at radius 1 is 1.13 bits per heavy atom. The Morgan fingerprint density at radius 3 is 2.87 bits per heavy atom. The lowest BCUT2D eigenvalue weighted by Crippen LogP contribution is -1.87. The van der Waals surface area contributed by atoms with Crippen LogP contribution in [0.15, 0.2) is 30.5 Å². The zero-order valence-corrected chi connectivity index (χ0v) is 9.04. The Balaban J connectivity index is 2.31. The van der Waals surface area contributed by atoms with Crippen LogP contribution < -0.4 is 0 Å². The summed E-state index contributed by atoms with van der Waals surface area (Å²) >= 11 is 0. The number of fused-ring (bicyclic) bond motifs is 3. The molecule has 0 saturated heterocycles. The Hall–Kier alpha value is -1.63. The molecule has 0 spiro atoms. The van der Waals surface area contributed by atoms with Gasteiger partial charge in [0.25, 0.3) is 0 Å². The highest BCUT2D eigenvalue weighted by atomic mass is 14.7. The molecule has 15 heavy (non-hydrogen) atoms. The fourth-order valence-electron chi connectivity index (χ4n) is 2.33. The summed E-state index contributed by atoms with van der Waals surface area (Å²) in [6.07, 6.45) is 2.96. The fraction of sp³-hybridized carbons (Fsp3) is 0.214. The molecule has 1 heteroatoms. The van der Waals surface area contributed by atoms with Crippen LogP contribution >= 0.6 is 0 Å². The topological polar surface area (TPSA) is 12.9 Å². The minimum Gasteiger partial charge on any atom is -0.260 e. The van der Waals surface area contributed by atoms with Gasteiger partial charge in [-0.15, -0.1) is 0 Å². The molecule has 0 amide bonds. The minimum atomic E-state index is 0.998. The van der Waals surface area contributed by atoms with Crippen molar-refractivity contribution in [2.75, 3.05) is 0 Å². The summed E-state index contributed by atoms with van der Waals surface area (Å²) in [4.78, 5) is 4.51. The SMILES string of the molecule is Cc1cnc2c(c1)-c1cccc(C)c1C2. The summed E-state index contributed by atoms with van der Waals surface area (Å²) in [6.45, 7) is 4.28. The van der Waals surface area contributed by atoms with Crippen LogP contribution in [0.4, 0.5) is 0 Å². The van der Waals surface area contributed by atoms with Crippen molar-refractivity contribution >= 4 is 0 Å². The molecule has 1 aromatic carbocycles. The van der Waals surface area contributed by atoms with Crippen molar-refractivity contribution in [3.05, 3.63) is 52.8 Å². The molecule has 74 valence electrons. The van der Waals surface area contributed by atoms with Crippen LogP contribution in [-0.4, -0.2) is 4.98 Å². The third kappa shape index (κ3) is 1.19. The molecular formula is C14H13N. The molecule has 1 nitrogen and oxygen atoms in total. The van der Waals surface area contributed by atoms with Gasteiger partial charge in [-0.3, -0.25) is 4.98 Å². The smallest absolute Gasteiger partial charge is 0.0526 e. The third-order valence-electron chi connectivity index (χ3n) is 3.15. The van der Waals surface area contributed by atoms with E-state index >= 15 is 0 Å². The summed E-state index contributed by atoms with van der Waals surface area (Å²) in [5.74, 6) is 0. The van der Waals surface area contributed by atoms with Crippen LogP contribution in [0.1, 0.15) is 22.4 Å². The molecule has 3 rings (SSSR count). The number of aromatic nitrogens is 1. The van der Waals surface area contributed by atoms with Gasteiger partial charge in [-0.05, 0) is 42.2 Å². The summed E-state index contributed by atoms with van der Waals surface area (Å²) in [5.41, 5.74) is 8.00. The van der Waals surface area contributed by atoms with Crippen LogP contribution in [0.25, 0.3) is 11.1 Å². The van der Waals surface area contributed by atoms with Crippen molar-refractivity contribution in [2.45, 2.75) is 20.3 Å². The Kier molecular flexibility index (Phi) is 1.69. The monoisotopic (exact) mass is 195 g/mol. The van der Waals surface area contributed by atoms with Crippen LogP contribution in [0.2, 0.25) is 0 Å². The molecule has 1 heterocycles. The summed E-state index contributed by atoms with van der Waals surface area (Å²) in [6, 6.07) is 8.76. The van der Waals surface area contributed by atoms with Crippen molar-refractivity contribution in [2.24, 2.45) is 0 Å². The number of rotatable bonds is 0. The van der Waals surface area contributed by atoms with Crippen LogP contribution in [0, 0.1) is 13.8 Å². The molecule has 1 aliphatic carbocycles. The molecule has 2 aromatic rings. The zero-order chi connectivity index (χ0) is 10.4. The molecule has 0 unspecified atom stereocenters. The number of benzene rings is 1. The highest BCUT2D eigenvalue weighted by Gasteiger charge is 2.20. The first-order chi connectivity index (χ1) is 7.25. The van der Waals surface area contributed by atoms with E-state index in [1.807, 2.05) is 6.20 Å². The van der Waals surface area contributed by atoms with E-state index in [0.717, 1.165) is 6.42 Å². The lowest BCUT2D eigenvalue weighted by Gasteiger charge is -2.02. The molecule has 0 radical (unpaired) electrons. The number of pyridine rings is 1. The first-order valence-electron chi connectivity index (χ1n) is 5.30. The molecule has 1 aliphatic rings. The van der Waals surface area contributed by atoms with E-state index in [4.69, 9.17) is 0 Å². The number of nitrogens with zero attached hydrogens (tertiary/aromatic N) is 1. The van der Waals surface area contributed by atoms with Gasteiger partial charge in [0.05, 0.1) is 5.69 Å². The van der Waals surface area contributed by atoms with E-state index < -0.39 is 0 Å². The van der Waals surface area contributed by atoms with Crippen LogP contribution in [0.3, 0.4) is 0 Å². The zero-order valence-electron chi connectivity index (χ0n) is 9.04. The molecule has 0 bridgehead atoms. The fourth-order valence-corrected chi connectivity index (χ4v) is 2.33. The summed E-state index contributed by atoms with van der Waals surface area (Å²) in [5, 5.41) is 0. The summed E-state index contributed by atoms with van der Waals surface area (Å²) < 4.78 is 0. The van der Waals surface area contributed by atoms with Crippen LogP contribution in [-0.2, 0) is 6.42 Å². The van der Waals surface area contributed by atoms with Crippen molar-refractivity contribution in [3.8, 4) is 11.1 Å². The second kappa shape index (κ2) is 2.93. The van der Waals surface area contributed by atoms with Crippen molar-refractivity contribution in [3.63, 3.8) is 0 Å². The minimum absolute atomic E-state index is 0.998. The van der Waals surface area contributed by atoms with Crippen LogP contribution in [0.5, 0.6) is 0 Å². The quantitative estimate of drug-likeness (QED) is 0.536. The largest absolute Gasteiger partial charge is 0.260 e. The van der Waals surface area contributed by atoms with Gasteiger partial charge < -0.3 is 0 Å². The maximum Gasteiger partial charge on any atom is 0.0526 e. The third-order valence-corrected chi connectivity index (χ3v) is 3.15. The number of aryl methyl sites for hydroxylation is 2. The Morgan fingerprint density at radius 2 is 2.00 bits per heavy atom. The second-order valence-electron chi connectivity index (χ2n) is 4.28. The lowest BCUT2D eigenvalue weighted by atomic mass is 10.0.